The highest BCUT2D eigenvalue weighted by Gasteiger charge is 2.19. The van der Waals surface area contributed by atoms with Crippen LogP contribution >= 0.6 is 0 Å². The van der Waals surface area contributed by atoms with E-state index in [1.807, 2.05) is 12.1 Å². The van der Waals surface area contributed by atoms with E-state index in [1.54, 1.807) is 6.20 Å². The molecule has 2 aromatic rings. The van der Waals surface area contributed by atoms with Gasteiger partial charge in [0.15, 0.2) is 5.82 Å². The van der Waals surface area contributed by atoms with Crippen LogP contribution in [0.5, 0.6) is 0 Å². The van der Waals surface area contributed by atoms with Crippen molar-refractivity contribution in [2.24, 2.45) is 11.8 Å². The minimum Gasteiger partial charge on any atom is -0.398 e. The van der Waals surface area contributed by atoms with Gasteiger partial charge in [0.2, 0.25) is 0 Å². The highest BCUT2D eigenvalue weighted by Crippen LogP contribution is 2.32. The first-order valence-electron chi connectivity index (χ1n) is 7.71. The van der Waals surface area contributed by atoms with Gasteiger partial charge in [0.05, 0.1) is 11.2 Å². The molecule has 0 saturated heterocycles. The SMILES string of the molecule is CC1CCC(CNc2c(F)cc(N)c3cccnc23)CC1. The minimum absolute atomic E-state index is 0.317. The molecule has 3 nitrogen and oxygen atoms in total. The van der Waals surface area contributed by atoms with Gasteiger partial charge in [-0.15, -0.1) is 0 Å². The molecular weight excluding hydrogens is 265 g/mol. The van der Waals surface area contributed by atoms with Crippen LogP contribution in [-0.4, -0.2) is 11.5 Å². The number of nitrogens with one attached hydrogen (secondary N) is 1. The van der Waals surface area contributed by atoms with Crippen LogP contribution in [-0.2, 0) is 0 Å². The largest absolute Gasteiger partial charge is 0.398 e. The summed E-state index contributed by atoms with van der Waals surface area (Å²) in [6.45, 7) is 3.11. The Labute approximate surface area is 124 Å². The number of anilines is 2. The maximum atomic E-state index is 14.2. The van der Waals surface area contributed by atoms with Crippen LogP contribution in [0, 0.1) is 17.7 Å². The summed E-state index contributed by atoms with van der Waals surface area (Å²) >= 11 is 0. The van der Waals surface area contributed by atoms with Crippen molar-refractivity contribution in [2.45, 2.75) is 32.6 Å². The third-order valence-electron chi connectivity index (χ3n) is 4.58. The maximum absolute atomic E-state index is 14.2. The monoisotopic (exact) mass is 287 g/mol. The molecule has 1 fully saturated rings. The molecule has 0 radical (unpaired) electrons. The van der Waals surface area contributed by atoms with Crippen molar-refractivity contribution in [1.82, 2.24) is 4.98 Å². The van der Waals surface area contributed by atoms with Crippen molar-refractivity contribution >= 4 is 22.3 Å². The summed E-state index contributed by atoms with van der Waals surface area (Å²) in [6.07, 6.45) is 6.66. The Kier molecular flexibility index (Phi) is 3.95. The quantitative estimate of drug-likeness (QED) is 0.832. The number of rotatable bonds is 3. The van der Waals surface area contributed by atoms with Gasteiger partial charge < -0.3 is 11.1 Å². The molecule has 1 aromatic carbocycles. The number of hydrogen-bond donors (Lipinski definition) is 2. The molecule has 112 valence electrons. The summed E-state index contributed by atoms with van der Waals surface area (Å²) in [6, 6.07) is 5.09. The average Bonchev–Trinajstić information content (AvgIpc) is 2.49. The van der Waals surface area contributed by atoms with Crippen LogP contribution in [0.1, 0.15) is 32.6 Å². The number of nitrogens with two attached hydrogens (primary N) is 1. The fourth-order valence-corrected chi connectivity index (χ4v) is 3.18. The number of nitrogens with zero attached hydrogens (tertiary/aromatic N) is 1. The lowest BCUT2D eigenvalue weighted by Gasteiger charge is -2.26. The molecule has 1 heterocycles. The van der Waals surface area contributed by atoms with Gasteiger partial charge in [-0.25, -0.2) is 4.39 Å². The second-order valence-electron chi connectivity index (χ2n) is 6.23. The van der Waals surface area contributed by atoms with Crippen LogP contribution < -0.4 is 11.1 Å². The number of benzene rings is 1. The molecule has 3 rings (SSSR count). The number of pyridine rings is 1. The zero-order valence-corrected chi connectivity index (χ0v) is 12.4. The minimum atomic E-state index is -0.317. The lowest BCUT2D eigenvalue weighted by molar-refractivity contribution is 0.300. The molecule has 0 aliphatic heterocycles. The maximum Gasteiger partial charge on any atom is 0.150 e. The predicted octanol–water partition coefficient (Wildman–Crippen LogP) is 4.19. The van der Waals surface area contributed by atoms with Crippen molar-refractivity contribution in [1.29, 1.82) is 0 Å². The molecule has 0 spiro atoms. The Morgan fingerprint density at radius 3 is 2.86 bits per heavy atom. The van der Waals surface area contributed by atoms with Crippen LogP contribution in [0.3, 0.4) is 0 Å². The number of halogens is 1. The van der Waals surface area contributed by atoms with E-state index >= 15 is 0 Å². The summed E-state index contributed by atoms with van der Waals surface area (Å²) in [5, 5.41) is 4.08. The summed E-state index contributed by atoms with van der Waals surface area (Å²) < 4.78 is 14.2. The fraction of sp³-hybridized carbons (Fsp3) is 0.471. The molecule has 1 saturated carbocycles. The predicted molar refractivity (Wildman–Crippen MR) is 85.7 cm³/mol. The van der Waals surface area contributed by atoms with Crippen molar-refractivity contribution in [2.75, 3.05) is 17.6 Å². The lowest BCUT2D eigenvalue weighted by atomic mass is 9.83. The van der Waals surface area contributed by atoms with Gasteiger partial charge in [-0.3, -0.25) is 4.98 Å². The Bertz CT molecular complexity index is 633. The fourth-order valence-electron chi connectivity index (χ4n) is 3.18. The van der Waals surface area contributed by atoms with E-state index in [0.29, 0.717) is 22.8 Å². The zero-order chi connectivity index (χ0) is 14.8. The molecule has 1 aliphatic carbocycles. The van der Waals surface area contributed by atoms with E-state index in [4.69, 9.17) is 5.73 Å². The second kappa shape index (κ2) is 5.88. The molecule has 0 bridgehead atoms. The van der Waals surface area contributed by atoms with Gasteiger partial charge in [0.25, 0.3) is 0 Å². The topological polar surface area (TPSA) is 50.9 Å². The highest BCUT2D eigenvalue weighted by molar-refractivity contribution is 5.98. The van der Waals surface area contributed by atoms with E-state index in [-0.39, 0.29) is 5.82 Å². The van der Waals surface area contributed by atoms with Gasteiger partial charge in [0.1, 0.15) is 0 Å². The molecule has 3 N–H and O–H groups in total. The molecule has 0 unspecified atom stereocenters. The van der Waals surface area contributed by atoms with Crippen LogP contribution in [0.25, 0.3) is 10.9 Å². The third kappa shape index (κ3) is 2.94. The Morgan fingerprint density at radius 1 is 1.33 bits per heavy atom. The molecular formula is C17H22FN3. The molecule has 0 atom stereocenters. The van der Waals surface area contributed by atoms with Gasteiger partial charge in [0, 0.05) is 23.8 Å². The van der Waals surface area contributed by atoms with E-state index in [2.05, 4.69) is 17.2 Å². The smallest absolute Gasteiger partial charge is 0.150 e. The van der Waals surface area contributed by atoms with E-state index in [1.165, 1.54) is 31.7 Å². The Balaban J connectivity index is 1.80. The number of nitrogen functional groups attached to an aromatic ring is 1. The third-order valence-corrected chi connectivity index (χ3v) is 4.58. The van der Waals surface area contributed by atoms with Crippen molar-refractivity contribution < 1.29 is 4.39 Å². The standard InChI is InChI=1S/C17H22FN3/c1-11-4-6-12(7-5-11)10-21-17-14(18)9-15(19)13-3-2-8-20-16(13)17/h2-3,8-9,11-12,21H,4-7,10,19H2,1H3. The van der Waals surface area contributed by atoms with Gasteiger partial charge >= 0.3 is 0 Å². The molecule has 0 amide bonds. The van der Waals surface area contributed by atoms with Gasteiger partial charge in [-0.1, -0.05) is 19.8 Å². The summed E-state index contributed by atoms with van der Waals surface area (Å²) in [5.41, 5.74) is 7.42. The van der Waals surface area contributed by atoms with Gasteiger partial charge in [-0.05, 0) is 42.9 Å². The van der Waals surface area contributed by atoms with Crippen LogP contribution in [0.15, 0.2) is 24.4 Å². The zero-order valence-electron chi connectivity index (χ0n) is 12.4. The molecule has 21 heavy (non-hydrogen) atoms. The first-order chi connectivity index (χ1) is 10.1. The first-order valence-corrected chi connectivity index (χ1v) is 7.71. The lowest BCUT2D eigenvalue weighted by Crippen LogP contribution is -2.20. The van der Waals surface area contributed by atoms with Crippen LogP contribution in [0.4, 0.5) is 15.8 Å². The summed E-state index contributed by atoms with van der Waals surface area (Å²) in [7, 11) is 0. The van der Waals surface area contributed by atoms with E-state index in [9.17, 15) is 4.39 Å². The number of fused-ring (bicyclic) bond motifs is 1. The van der Waals surface area contributed by atoms with Crippen LogP contribution in [0.2, 0.25) is 0 Å². The Hall–Kier alpha value is -1.84. The first kappa shape index (κ1) is 14.1. The Morgan fingerprint density at radius 2 is 2.10 bits per heavy atom. The van der Waals surface area contributed by atoms with Crippen molar-refractivity contribution in [3.8, 4) is 0 Å². The van der Waals surface area contributed by atoms with Crippen molar-refractivity contribution in [3.63, 3.8) is 0 Å². The van der Waals surface area contributed by atoms with E-state index in [0.717, 1.165) is 17.8 Å². The summed E-state index contributed by atoms with van der Waals surface area (Å²) in [5.74, 6) is 1.14. The molecule has 4 heteroatoms. The average molecular weight is 287 g/mol. The van der Waals surface area contributed by atoms with Crippen molar-refractivity contribution in [3.05, 3.63) is 30.2 Å². The number of aromatic nitrogens is 1. The normalized spacial score (nSPS) is 22.4. The molecule has 1 aromatic heterocycles. The molecule has 1 aliphatic rings. The highest BCUT2D eigenvalue weighted by atomic mass is 19.1. The second-order valence-corrected chi connectivity index (χ2v) is 6.23. The number of hydrogen-bond acceptors (Lipinski definition) is 3. The summed E-state index contributed by atoms with van der Waals surface area (Å²) in [4.78, 5) is 4.30. The van der Waals surface area contributed by atoms with E-state index < -0.39 is 0 Å². The van der Waals surface area contributed by atoms with Gasteiger partial charge in [-0.2, -0.15) is 0 Å².